The molecule has 3 rings (SSSR count). The molecule has 2 heteroatoms. The lowest BCUT2D eigenvalue weighted by molar-refractivity contribution is 1.27. The van der Waals surface area contributed by atoms with Crippen LogP contribution in [-0.4, -0.2) is 9.97 Å². The van der Waals surface area contributed by atoms with E-state index in [2.05, 4.69) is 28.3 Å². The van der Waals surface area contributed by atoms with Gasteiger partial charge in [0.2, 0.25) is 0 Å². The molecule has 2 heterocycles. The molecule has 0 spiro atoms. The predicted molar refractivity (Wildman–Crippen MR) is 71.7 cm³/mol. The quantitative estimate of drug-likeness (QED) is 0.673. The number of rotatable bonds is 2. The summed E-state index contributed by atoms with van der Waals surface area (Å²) in [7, 11) is 0. The first-order chi connectivity index (χ1) is 8.93. The number of hydrogen-bond donors (Lipinski definition) is 0. The summed E-state index contributed by atoms with van der Waals surface area (Å²) in [5.41, 5.74) is 3.88. The lowest BCUT2D eigenvalue weighted by Crippen LogP contribution is -1.88. The van der Waals surface area contributed by atoms with Crippen LogP contribution in [-0.2, 0) is 0 Å². The largest absolute Gasteiger partial charge is 0.254 e. The van der Waals surface area contributed by atoms with Gasteiger partial charge in [0.1, 0.15) is 0 Å². The maximum absolute atomic E-state index is 4.64. The molecule has 0 atom stereocenters. The van der Waals surface area contributed by atoms with E-state index in [0.717, 1.165) is 22.5 Å². The molecular weight excluding hydrogens is 220 g/mol. The van der Waals surface area contributed by atoms with Crippen molar-refractivity contribution >= 4 is 0 Å². The molecule has 85 valence electrons. The van der Waals surface area contributed by atoms with Gasteiger partial charge in [-0.3, -0.25) is 4.98 Å². The van der Waals surface area contributed by atoms with E-state index in [1.54, 1.807) is 6.20 Å². The first-order valence-corrected chi connectivity index (χ1v) is 5.79. The van der Waals surface area contributed by atoms with Crippen LogP contribution in [0.1, 0.15) is 0 Å². The molecule has 0 unspecified atom stereocenters. The van der Waals surface area contributed by atoms with E-state index >= 15 is 0 Å². The maximum atomic E-state index is 4.64. The van der Waals surface area contributed by atoms with Gasteiger partial charge in [-0.2, -0.15) is 0 Å². The number of nitrogens with zero attached hydrogens (tertiary/aromatic N) is 2. The number of benzene rings is 1. The molecule has 1 aromatic carbocycles. The number of pyridine rings is 2. The minimum absolute atomic E-state index is 0.893. The summed E-state index contributed by atoms with van der Waals surface area (Å²) < 4.78 is 0. The molecule has 2 nitrogen and oxygen atoms in total. The lowest BCUT2D eigenvalue weighted by atomic mass is 10.1. The van der Waals surface area contributed by atoms with Crippen molar-refractivity contribution in [1.29, 1.82) is 0 Å². The fourth-order valence-electron chi connectivity index (χ4n) is 1.82. The topological polar surface area (TPSA) is 25.8 Å². The van der Waals surface area contributed by atoms with E-state index in [1.807, 2.05) is 48.5 Å². The van der Waals surface area contributed by atoms with Crippen molar-refractivity contribution in [3.05, 3.63) is 73.1 Å². The average molecular weight is 231 g/mol. The van der Waals surface area contributed by atoms with E-state index in [1.165, 1.54) is 0 Å². The number of aromatic nitrogens is 2. The van der Waals surface area contributed by atoms with Gasteiger partial charge in [-0.05, 0) is 24.3 Å². The summed E-state index contributed by atoms with van der Waals surface area (Å²) >= 11 is 0. The molecule has 0 aliphatic heterocycles. The van der Waals surface area contributed by atoms with Crippen molar-refractivity contribution < 1.29 is 0 Å². The summed E-state index contributed by atoms with van der Waals surface area (Å²) in [6.07, 6.45) is 4.66. The standard InChI is InChI=1S/C16H11N2/c1-2-6-13(7-3-1)15-9-4-10-16(18-15)14-8-5-11-17-12-14/h1-11H. The van der Waals surface area contributed by atoms with Gasteiger partial charge < -0.3 is 0 Å². The molecule has 1 radical (unpaired) electrons. The van der Waals surface area contributed by atoms with E-state index in [4.69, 9.17) is 0 Å². The summed E-state index contributed by atoms with van der Waals surface area (Å²) in [6, 6.07) is 20.0. The highest BCUT2D eigenvalue weighted by molar-refractivity contribution is 5.65. The van der Waals surface area contributed by atoms with Gasteiger partial charge in [0, 0.05) is 17.3 Å². The van der Waals surface area contributed by atoms with Crippen LogP contribution in [0.5, 0.6) is 0 Å². The van der Waals surface area contributed by atoms with Crippen LogP contribution < -0.4 is 0 Å². The second-order valence-electron chi connectivity index (χ2n) is 3.94. The SMILES string of the molecule is [c]1ncccc1-c1cccc(-c2ccccc2)n1. The van der Waals surface area contributed by atoms with E-state index < -0.39 is 0 Å². The molecule has 0 amide bonds. The highest BCUT2D eigenvalue weighted by Crippen LogP contribution is 2.21. The smallest absolute Gasteiger partial charge is 0.0987 e. The Balaban J connectivity index is 2.05. The van der Waals surface area contributed by atoms with Crippen LogP contribution in [0, 0.1) is 6.20 Å². The molecule has 0 fully saturated rings. The highest BCUT2D eigenvalue weighted by Gasteiger charge is 2.02. The van der Waals surface area contributed by atoms with Crippen LogP contribution in [0.4, 0.5) is 0 Å². The normalized spacial score (nSPS) is 10.2. The van der Waals surface area contributed by atoms with Crippen molar-refractivity contribution in [2.75, 3.05) is 0 Å². The average Bonchev–Trinajstić information content (AvgIpc) is 2.49. The van der Waals surface area contributed by atoms with Gasteiger partial charge in [0.05, 0.1) is 17.6 Å². The first kappa shape index (κ1) is 10.7. The Kier molecular flexibility index (Phi) is 2.84. The Morgan fingerprint density at radius 1 is 0.722 bits per heavy atom. The first-order valence-electron chi connectivity index (χ1n) is 5.79. The summed E-state index contributed by atoms with van der Waals surface area (Å²) in [4.78, 5) is 8.64. The van der Waals surface area contributed by atoms with Gasteiger partial charge in [0.15, 0.2) is 0 Å². The molecule has 0 bridgehead atoms. The van der Waals surface area contributed by atoms with E-state index in [-0.39, 0.29) is 0 Å². The highest BCUT2D eigenvalue weighted by atomic mass is 14.7. The Morgan fingerprint density at radius 3 is 2.33 bits per heavy atom. The summed E-state index contributed by atoms with van der Waals surface area (Å²) in [6.45, 7) is 0. The van der Waals surface area contributed by atoms with E-state index in [0.29, 0.717) is 0 Å². The van der Waals surface area contributed by atoms with Crippen LogP contribution in [0.15, 0.2) is 66.9 Å². The molecular formula is C16H11N2. The van der Waals surface area contributed by atoms with Crippen LogP contribution in [0.25, 0.3) is 22.5 Å². The molecule has 2 aromatic heterocycles. The number of hydrogen-bond acceptors (Lipinski definition) is 2. The van der Waals surface area contributed by atoms with Gasteiger partial charge in [0.25, 0.3) is 0 Å². The molecule has 0 N–H and O–H groups in total. The molecule has 18 heavy (non-hydrogen) atoms. The molecule has 3 aromatic rings. The van der Waals surface area contributed by atoms with Crippen molar-refractivity contribution in [3.8, 4) is 22.5 Å². The van der Waals surface area contributed by atoms with E-state index in [9.17, 15) is 0 Å². The Bertz CT molecular complexity index is 579. The van der Waals surface area contributed by atoms with Crippen LogP contribution >= 0.6 is 0 Å². The molecule has 0 saturated carbocycles. The third kappa shape index (κ3) is 2.13. The minimum Gasteiger partial charge on any atom is -0.254 e. The van der Waals surface area contributed by atoms with Crippen molar-refractivity contribution in [1.82, 2.24) is 9.97 Å². The van der Waals surface area contributed by atoms with Crippen molar-refractivity contribution in [2.24, 2.45) is 0 Å². The summed E-state index contributed by atoms with van der Waals surface area (Å²) in [5.74, 6) is 0. The van der Waals surface area contributed by atoms with Gasteiger partial charge in [-0.15, -0.1) is 0 Å². The lowest BCUT2D eigenvalue weighted by Gasteiger charge is -2.04. The minimum atomic E-state index is 0.893. The molecule has 0 aliphatic carbocycles. The molecule has 0 aliphatic rings. The maximum Gasteiger partial charge on any atom is 0.0987 e. The summed E-state index contributed by atoms with van der Waals surface area (Å²) in [5, 5.41) is 0. The van der Waals surface area contributed by atoms with Crippen molar-refractivity contribution in [2.45, 2.75) is 0 Å². The fourth-order valence-corrected chi connectivity index (χ4v) is 1.82. The van der Waals surface area contributed by atoms with Crippen LogP contribution in [0.2, 0.25) is 0 Å². The van der Waals surface area contributed by atoms with Gasteiger partial charge in [-0.1, -0.05) is 36.4 Å². The second kappa shape index (κ2) is 4.80. The van der Waals surface area contributed by atoms with Crippen molar-refractivity contribution in [3.63, 3.8) is 0 Å². The fraction of sp³-hybridized carbons (Fsp3) is 0. The zero-order valence-corrected chi connectivity index (χ0v) is 9.75. The zero-order valence-electron chi connectivity index (χ0n) is 9.75. The van der Waals surface area contributed by atoms with Gasteiger partial charge >= 0.3 is 0 Å². The monoisotopic (exact) mass is 231 g/mol. The molecule has 0 saturated heterocycles. The second-order valence-corrected chi connectivity index (χ2v) is 3.94. The predicted octanol–water partition coefficient (Wildman–Crippen LogP) is 3.61. The zero-order chi connectivity index (χ0) is 12.2. The Labute approximate surface area is 106 Å². The van der Waals surface area contributed by atoms with Gasteiger partial charge in [-0.25, -0.2) is 4.98 Å². The Morgan fingerprint density at radius 2 is 1.56 bits per heavy atom. The Hall–Kier alpha value is -2.48. The third-order valence-corrected chi connectivity index (χ3v) is 2.70. The van der Waals surface area contributed by atoms with Crippen LogP contribution in [0.3, 0.4) is 0 Å². The third-order valence-electron chi connectivity index (χ3n) is 2.70.